The maximum absolute atomic E-state index is 12.6. The van der Waals surface area contributed by atoms with Crippen LogP contribution in [-0.2, 0) is 10.0 Å². The van der Waals surface area contributed by atoms with Gasteiger partial charge in [0.2, 0.25) is 16.4 Å². The van der Waals surface area contributed by atoms with E-state index in [4.69, 9.17) is 4.52 Å². The average molecular weight is 279 g/mol. The Morgan fingerprint density at radius 1 is 1.26 bits per heavy atom. The van der Waals surface area contributed by atoms with Crippen LogP contribution < -0.4 is 0 Å². The Morgan fingerprint density at radius 2 is 2.05 bits per heavy atom. The Hall–Kier alpha value is -1.73. The number of sulfonamides is 1. The number of hydrogen-bond acceptors (Lipinski definition) is 5. The maximum atomic E-state index is 12.6. The normalized spacial score (nSPS) is 20.7. The second-order valence-electron chi connectivity index (χ2n) is 4.38. The van der Waals surface area contributed by atoms with Crippen molar-refractivity contribution in [1.29, 1.82) is 0 Å². The zero-order valence-electron chi connectivity index (χ0n) is 10.1. The van der Waals surface area contributed by atoms with E-state index in [2.05, 4.69) is 10.1 Å². The summed E-state index contributed by atoms with van der Waals surface area (Å²) in [5.74, 6) is 0.428. The fourth-order valence-electron chi connectivity index (χ4n) is 2.34. The maximum Gasteiger partial charge on any atom is 0.243 e. The summed E-state index contributed by atoms with van der Waals surface area (Å²) in [6, 6.07) is 8.09. The first-order chi connectivity index (χ1) is 9.19. The molecule has 1 fully saturated rings. The van der Waals surface area contributed by atoms with Gasteiger partial charge in [0.1, 0.15) is 0 Å². The molecular formula is C12H13N3O3S. The quantitative estimate of drug-likeness (QED) is 0.852. The summed E-state index contributed by atoms with van der Waals surface area (Å²) in [5.41, 5.74) is 0. The zero-order valence-corrected chi connectivity index (χ0v) is 11.0. The lowest BCUT2D eigenvalue weighted by atomic mass is 10.2. The number of aromatic nitrogens is 2. The molecule has 0 aliphatic carbocycles. The molecule has 1 aliphatic rings. The van der Waals surface area contributed by atoms with Gasteiger partial charge in [-0.1, -0.05) is 23.4 Å². The topological polar surface area (TPSA) is 76.3 Å². The van der Waals surface area contributed by atoms with Crippen LogP contribution in [0.1, 0.15) is 24.7 Å². The number of hydrogen-bond donors (Lipinski definition) is 0. The minimum atomic E-state index is -3.50. The number of benzene rings is 1. The van der Waals surface area contributed by atoms with Crippen LogP contribution in [0.15, 0.2) is 46.1 Å². The molecule has 0 bridgehead atoms. The summed E-state index contributed by atoms with van der Waals surface area (Å²) < 4.78 is 31.3. The molecule has 1 aromatic carbocycles. The predicted octanol–water partition coefficient (Wildman–Crippen LogP) is 1.60. The van der Waals surface area contributed by atoms with Gasteiger partial charge < -0.3 is 4.52 Å². The number of nitrogens with zero attached hydrogens (tertiary/aromatic N) is 3. The lowest BCUT2D eigenvalue weighted by Crippen LogP contribution is -2.31. The van der Waals surface area contributed by atoms with Gasteiger partial charge in [-0.25, -0.2) is 8.42 Å². The first-order valence-corrected chi connectivity index (χ1v) is 7.47. The highest BCUT2D eigenvalue weighted by Gasteiger charge is 2.38. The first-order valence-electron chi connectivity index (χ1n) is 6.03. The molecule has 0 saturated carbocycles. The van der Waals surface area contributed by atoms with Crippen LogP contribution in [-0.4, -0.2) is 29.4 Å². The zero-order chi connectivity index (χ0) is 13.3. The molecule has 0 N–H and O–H groups in total. The molecule has 0 unspecified atom stereocenters. The standard InChI is InChI=1S/C12H13N3O3S/c16-19(17,10-5-2-1-3-6-10)15-8-4-7-11(15)12-13-9-18-14-12/h1-3,5-6,9,11H,4,7-8H2/t11-/m1/s1. The summed E-state index contributed by atoms with van der Waals surface area (Å²) >= 11 is 0. The molecule has 0 amide bonds. The van der Waals surface area contributed by atoms with E-state index in [0.29, 0.717) is 23.7 Å². The van der Waals surface area contributed by atoms with E-state index in [0.717, 1.165) is 6.42 Å². The van der Waals surface area contributed by atoms with Gasteiger partial charge in [0.25, 0.3) is 0 Å². The predicted molar refractivity (Wildman–Crippen MR) is 66.6 cm³/mol. The van der Waals surface area contributed by atoms with Crippen molar-refractivity contribution >= 4 is 10.0 Å². The SMILES string of the molecule is O=S(=O)(c1ccccc1)N1CCC[C@@H]1c1ncon1. The van der Waals surface area contributed by atoms with Crippen molar-refractivity contribution in [3.63, 3.8) is 0 Å². The van der Waals surface area contributed by atoms with Crippen LogP contribution in [0.2, 0.25) is 0 Å². The van der Waals surface area contributed by atoms with Gasteiger partial charge in [-0.05, 0) is 25.0 Å². The van der Waals surface area contributed by atoms with E-state index >= 15 is 0 Å². The van der Waals surface area contributed by atoms with Crippen molar-refractivity contribution in [2.75, 3.05) is 6.54 Å². The summed E-state index contributed by atoms with van der Waals surface area (Å²) in [6.45, 7) is 0.483. The summed E-state index contributed by atoms with van der Waals surface area (Å²) in [4.78, 5) is 4.27. The summed E-state index contributed by atoms with van der Waals surface area (Å²) in [5, 5.41) is 3.76. The minimum absolute atomic E-state index is 0.297. The summed E-state index contributed by atoms with van der Waals surface area (Å²) in [6.07, 6.45) is 2.73. The molecule has 6 nitrogen and oxygen atoms in total. The van der Waals surface area contributed by atoms with E-state index < -0.39 is 10.0 Å². The van der Waals surface area contributed by atoms with Gasteiger partial charge in [0.05, 0.1) is 10.9 Å². The van der Waals surface area contributed by atoms with Crippen LogP contribution in [0.4, 0.5) is 0 Å². The van der Waals surface area contributed by atoms with Gasteiger partial charge in [0.15, 0.2) is 5.82 Å². The second kappa shape index (κ2) is 4.75. The molecule has 7 heteroatoms. The van der Waals surface area contributed by atoms with E-state index in [-0.39, 0.29) is 6.04 Å². The van der Waals surface area contributed by atoms with Gasteiger partial charge in [0, 0.05) is 6.54 Å². The van der Waals surface area contributed by atoms with Crippen molar-refractivity contribution in [3.05, 3.63) is 42.5 Å². The first kappa shape index (κ1) is 12.3. The van der Waals surface area contributed by atoms with Crippen LogP contribution in [0, 0.1) is 0 Å². The molecule has 19 heavy (non-hydrogen) atoms. The smallest absolute Gasteiger partial charge is 0.243 e. The molecule has 1 saturated heterocycles. The Bertz CT molecular complexity index is 640. The Morgan fingerprint density at radius 3 is 2.74 bits per heavy atom. The lowest BCUT2D eigenvalue weighted by molar-refractivity contribution is 0.356. The van der Waals surface area contributed by atoms with E-state index in [1.165, 1.54) is 10.7 Å². The van der Waals surface area contributed by atoms with Crippen molar-refractivity contribution in [1.82, 2.24) is 14.4 Å². The molecule has 0 spiro atoms. The van der Waals surface area contributed by atoms with Gasteiger partial charge in [-0.15, -0.1) is 0 Å². The van der Waals surface area contributed by atoms with Crippen molar-refractivity contribution in [2.45, 2.75) is 23.8 Å². The van der Waals surface area contributed by atoms with E-state index in [1.807, 2.05) is 0 Å². The molecule has 3 rings (SSSR count). The van der Waals surface area contributed by atoms with Gasteiger partial charge >= 0.3 is 0 Å². The molecule has 1 atom stereocenters. The Balaban J connectivity index is 1.97. The van der Waals surface area contributed by atoms with Crippen molar-refractivity contribution in [3.8, 4) is 0 Å². The third kappa shape index (κ3) is 2.15. The highest BCUT2D eigenvalue weighted by molar-refractivity contribution is 7.89. The molecule has 1 aromatic heterocycles. The van der Waals surface area contributed by atoms with E-state index in [1.54, 1.807) is 30.3 Å². The monoisotopic (exact) mass is 279 g/mol. The average Bonchev–Trinajstić information content (AvgIpc) is 3.10. The second-order valence-corrected chi connectivity index (χ2v) is 6.27. The van der Waals surface area contributed by atoms with Gasteiger partial charge in [-0.2, -0.15) is 9.29 Å². The molecular weight excluding hydrogens is 266 g/mol. The van der Waals surface area contributed by atoms with Crippen LogP contribution in [0.3, 0.4) is 0 Å². The van der Waals surface area contributed by atoms with Crippen LogP contribution >= 0.6 is 0 Å². The van der Waals surface area contributed by atoms with Crippen LogP contribution in [0.25, 0.3) is 0 Å². The lowest BCUT2D eigenvalue weighted by Gasteiger charge is -2.21. The largest absolute Gasteiger partial charge is 0.343 e. The van der Waals surface area contributed by atoms with Crippen molar-refractivity contribution < 1.29 is 12.9 Å². The molecule has 1 aliphatic heterocycles. The minimum Gasteiger partial charge on any atom is -0.343 e. The Kier molecular flexibility index (Phi) is 3.08. The Labute approximate surface area is 111 Å². The third-order valence-corrected chi connectivity index (χ3v) is 5.15. The summed E-state index contributed by atoms with van der Waals surface area (Å²) in [7, 11) is -3.50. The highest BCUT2D eigenvalue weighted by atomic mass is 32.2. The molecule has 2 aromatic rings. The highest BCUT2D eigenvalue weighted by Crippen LogP contribution is 2.34. The van der Waals surface area contributed by atoms with Crippen LogP contribution in [0.5, 0.6) is 0 Å². The van der Waals surface area contributed by atoms with E-state index in [9.17, 15) is 8.42 Å². The fraction of sp³-hybridized carbons (Fsp3) is 0.333. The fourth-order valence-corrected chi connectivity index (χ4v) is 4.02. The number of rotatable bonds is 3. The molecule has 2 heterocycles. The molecule has 0 radical (unpaired) electrons. The van der Waals surface area contributed by atoms with Crippen molar-refractivity contribution in [2.24, 2.45) is 0 Å². The van der Waals surface area contributed by atoms with Gasteiger partial charge in [-0.3, -0.25) is 0 Å². The molecule has 100 valence electrons. The third-order valence-electron chi connectivity index (χ3n) is 3.23.